The Kier molecular flexibility index (Phi) is 3.50. The molecular formula is C17H17N7O. The fraction of sp³-hybridized carbons (Fsp3) is 0.353. The second-order valence-corrected chi connectivity index (χ2v) is 6.09. The zero-order valence-electron chi connectivity index (χ0n) is 14.3. The third kappa shape index (κ3) is 2.63. The minimum atomic E-state index is 0.109. The van der Waals surface area contributed by atoms with Crippen LogP contribution in [0.25, 0.3) is 5.65 Å². The van der Waals surface area contributed by atoms with E-state index in [-0.39, 0.29) is 5.91 Å². The van der Waals surface area contributed by atoms with E-state index in [1.807, 2.05) is 31.7 Å². The lowest BCUT2D eigenvalue weighted by Crippen LogP contribution is -2.23. The third-order valence-electron chi connectivity index (χ3n) is 4.21. The summed E-state index contributed by atoms with van der Waals surface area (Å²) < 4.78 is 3.54. The van der Waals surface area contributed by atoms with Crippen LogP contribution in [0.4, 0.5) is 5.82 Å². The summed E-state index contributed by atoms with van der Waals surface area (Å²) in [5.74, 6) is 7.69. The maximum atomic E-state index is 11.8. The van der Waals surface area contributed by atoms with Crippen LogP contribution in [-0.4, -0.2) is 41.6 Å². The molecule has 1 amide bonds. The van der Waals surface area contributed by atoms with Crippen molar-refractivity contribution in [1.29, 1.82) is 0 Å². The van der Waals surface area contributed by atoms with Gasteiger partial charge in [-0.2, -0.15) is 4.98 Å². The number of carbonyl (C=O) groups excluding carboxylic acids is 1. The van der Waals surface area contributed by atoms with Gasteiger partial charge in [-0.1, -0.05) is 0 Å². The van der Waals surface area contributed by atoms with Crippen LogP contribution in [0.15, 0.2) is 12.4 Å². The van der Waals surface area contributed by atoms with E-state index in [1.165, 1.54) is 0 Å². The Morgan fingerprint density at radius 3 is 2.76 bits per heavy atom. The first-order valence-corrected chi connectivity index (χ1v) is 8.07. The molecule has 126 valence electrons. The van der Waals surface area contributed by atoms with Crippen molar-refractivity contribution in [2.75, 3.05) is 11.4 Å². The smallest absolute Gasteiger partial charge is 0.228 e. The van der Waals surface area contributed by atoms with Gasteiger partial charge in [0.25, 0.3) is 0 Å². The number of imidazole rings is 1. The molecule has 25 heavy (non-hydrogen) atoms. The zero-order valence-corrected chi connectivity index (χ0v) is 14.3. The summed E-state index contributed by atoms with van der Waals surface area (Å²) in [6.07, 6.45) is 5.03. The minimum absolute atomic E-state index is 0.109. The number of nitrogens with zero attached hydrogens (tertiary/aromatic N) is 7. The molecule has 0 aromatic carbocycles. The number of aryl methyl sites for hydroxylation is 3. The van der Waals surface area contributed by atoms with Crippen LogP contribution < -0.4 is 4.90 Å². The van der Waals surface area contributed by atoms with Crippen molar-refractivity contribution in [2.24, 2.45) is 7.05 Å². The largest absolute Gasteiger partial charge is 0.325 e. The quantitative estimate of drug-likeness (QED) is 0.620. The molecule has 1 saturated heterocycles. The van der Waals surface area contributed by atoms with Gasteiger partial charge in [0.1, 0.15) is 0 Å². The molecule has 0 atom stereocenters. The monoisotopic (exact) mass is 335 g/mol. The highest BCUT2D eigenvalue weighted by Crippen LogP contribution is 2.19. The number of anilines is 1. The number of fused-ring (bicyclic) bond motifs is 1. The first-order chi connectivity index (χ1) is 12.0. The van der Waals surface area contributed by atoms with E-state index in [4.69, 9.17) is 0 Å². The highest BCUT2D eigenvalue weighted by atomic mass is 16.2. The van der Waals surface area contributed by atoms with Crippen LogP contribution in [0, 0.1) is 25.7 Å². The lowest BCUT2D eigenvalue weighted by Gasteiger charge is -2.10. The number of amides is 1. The Bertz CT molecular complexity index is 1010. The van der Waals surface area contributed by atoms with E-state index < -0.39 is 0 Å². The summed E-state index contributed by atoms with van der Waals surface area (Å²) in [4.78, 5) is 26.7. The van der Waals surface area contributed by atoms with Crippen LogP contribution in [0.2, 0.25) is 0 Å². The van der Waals surface area contributed by atoms with E-state index in [0.717, 1.165) is 17.8 Å². The van der Waals surface area contributed by atoms with Crippen LogP contribution >= 0.6 is 0 Å². The average molecular weight is 335 g/mol. The van der Waals surface area contributed by atoms with E-state index >= 15 is 0 Å². The molecule has 4 rings (SSSR count). The lowest BCUT2D eigenvalue weighted by atomic mass is 10.4. The first kappa shape index (κ1) is 15.3. The molecule has 8 nitrogen and oxygen atoms in total. The molecule has 0 radical (unpaired) electrons. The molecule has 1 fully saturated rings. The van der Waals surface area contributed by atoms with Gasteiger partial charge in [0.2, 0.25) is 11.7 Å². The fourth-order valence-corrected chi connectivity index (χ4v) is 2.85. The van der Waals surface area contributed by atoms with Crippen LogP contribution in [-0.2, 0) is 11.8 Å². The molecule has 8 heteroatoms. The minimum Gasteiger partial charge on any atom is -0.325 e. The summed E-state index contributed by atoms with van der Waals surface area (Å²) in [5, 5.41) is 4.40. The van der Waals surface area contributed by atoms with Gasteiger partial charge in [0.15, 0.2) is 17.3 Å². The lowest BCUT2D eigenvalue weighted by molar-refractivity contribution is -0.117. The van der Waals surface area contributed by atoms with E-state index in [0.29, 0.717) is 36.1 Å². The van der Waals surface area contributed by atoms with Crippen molar-refractivity contribution in [3.63, 3.8) is 0 Å². The second kappa shape index (κ2) is 5.70. The van der Waals surface area contributed by atoms with E-state index in [9.17, 15) is 4.79 Å². The molecule has 1 aliphatic heterocycles. The summed E-state index contributed by atoms with van der Waals surface area (Å²) in [6, 6.07) is 0. The van der Waals surface area contributed by atoms with E-state index in [2.05, 4.69) is 31.9 Å². The van der Waals surface area contributed by atoms with Gasteiger partial charge in [-0.15, -0.1) is 5.10 Å². The van der Waals surface area contributed by atoms with Gasteiger partial charge < -0.3 is 4.57 Å². The topological polar surface area (TPSA) is 81.2 Å². The molecule has 0 spiro atoms. The van der Waals surface area contributed by atoms with Crippen LogP contribution in [0.5, 0.6) is 0 Å². The van der Waals surface area contributed by atoms with Crippen LogP contribution in [0.3, 0.4) is 0 Å². The molecule has 0 aliphatic carbocycles. The summed E-state index contributed by atoms with van der Waals surface area (Å²) in [6.45, 7) is 4.52. The molecule has 3 aromatic heterocycles. The van der Waals surface area contributed by atoms with Crippen molar-refractivity contribution in [3.8, 4) is 11.8 Å². The Balaban J connectivity index is 1.68. The summed E-state index contributed by atoms with van der Waals surface area (Å²) >= 11 is 0. The Hall–Kier alpha value is -3.21. The van der Waals surface area contributed by atoms with Crippen molar-refractivity contribution in [2.45, 2.75) is 26.7 Å². The number of carbonyl (C=O) groups is 1. The highest BCUT2D eigenvalue weighted by molar-refractivity contribution is 5.94. The number of hydrogen-bond acceptors (Lipinski definition) is 5. The molecule has 0 unspecified atom stereocenters. The Labute approximate surface area is 144 Å². The maximum Gasteiger partial charge on any atom is 0.228 e. The molecular weight excluding hydrogens is 318 g/mol. The Morgan fingerprint density at radius 2 is 2.04 bits per heavy atom. The van der Waals surface area contributed by atoms with Gasteiger partial charge >= 0.3 is 0 Å². The molecule has 3 aromatic rings. The first-order valence-electron chi connectivity index (χ1n) is 8.07. The highest BCUT2D eigenvalue weighted by Gasteiger charge is 2.24. The van der Waals surface area contributed by atoms with Crippen molar-refractivity contribution in [3.05, 3.63) is 35.4 Å². The Morgan fingerprint density at radius 1 is 1.20 bits per heavy atom. The third-order valence-corrected chi connectivity index (χ3v) is 4.21. The fourth-order valence-electron chi connectivity index (χ4n) is 2.85. The van der Waals surface area contributed by atoms with Crippen LogP contribution in [0.1, 0.15) is 35.9 Å². The molecule has 1 aliphatic rings. The number of hydrogen-bond donors (Lipinski definition) is 0. The summed E-state index contributed by atoms with van der Waals surface area (Å²) in [7, 11) is 1.86. The van der Waals surface area contributed by atoms with Gasteiger partial charge in [0, 0.05) is 32.4 Å². The maximum absolute atomic E-state index is 11.8. The van der Waals surface area contributed by atoms with Crippen molar-refractivity contribution < 1.29 is 4.79 Å². The normalized spacial score (nSPS) is 14.2. The standard InChI is InChI=1S/C17H17N7O/c1-11-9-18-12(2)17-19-13(21-24(11)17)6-7-14-20-15(10-22(14)3)23-8-4-5-16(23)25/h9-10H,4-5,8H2,1-3H3. The molecule has 0 saturated carbocycles. The number of aromatic nitrogens is 6. The SMILES string of the molecule is Cc1ncc(C)n2nc(C#Cc3nc(N4CCCC4=O)cn3C)nc12. The van der Waals surface area contributed by atoms with E-state index in [1.54, 1.807) is 15.6 Å². The van der Waals surface area contributed by atoms with Gasteiger partial charge in [-0.25, -0.2) is 9.50 Å². The second-order valence-electron chi connectivity index (χ2n) is 6.09. The van der Waals surface area contributed by atoms with Gasteiger partial charge in [-0.3, -0.25) is 14.7 Å². The zero-order chi connectivity index (χ0) is 17.6. The molecule has 0 bridgehead atoms. The van der Waals surface area contributed by atoms with Crippen molar-refractivity contribution in [1.82, 2.24) is 29.1 Å². The molecule has 4 heterocycles. The summed E-state index contributed by atoms with van der Waals surface area (Å²) in [5.41, 5.74) is 2.40. The predicted octanol–water partition coefficient (Wildman–Crippen LogP) is 1.00. The van der Waals surface area contributed by atoms with Gasteiger partial charge in [-0.05, 0) is 32.1 Å². The predicted molar refractivity (Wildman–Crippen MR) is 91.0 cm³/mol. The average Bonchev–Trinajstić information content (AvgIpc) is 3.28. The molecule has 0 N–H and O–H groups in total. The van der Waals surface area contributed by atoms with Gasteiger partial charge in [0.05, 0.1) is 11.4 Å². The number of rotatable bonds is 1. The van der Waals surface area contributed by atoms with Crippen molar-refractivity contribution >= 4 is 17.4 Å².